The Kier molecular flexibility index (Phi) is 11.7. The van der Waals surface area contributed by atoms with E-state index in [0.29, 0.717) is 44.4 Å². The van der Waals surface area contributed by atoms with Gasteiger partial charge >= 0.3 is 11.9 Å². The molecule has 0 saturated heterocycles. The molecule has 5 nitrogen and oxygen atoms in total. The Morgan fingerprint density at radius 2 is 1.37 bits per heavy atom. The second kappa shape index (κ2) is 13.1. The van der Waals surface area contributed by atoms with Gasteiger partial charge in [0.15, 0.2) is 0 Å². The summed E-state index contributed by atoms with van der Waals surface area (Å²) in [7, 11) is 0. The van der Waals surface area contributed by atoms with Gasteiger partial charge in [-0.25, -0.2) is 0 Å². The predicted molar refractivity (Wildman–Crippen MR) is 108 cm³/mol. The molecule has 0 atom stereocenters. The molecular weight excluding hydrogens is 342 g/mol. The molecule has 1 saturated carbocycles. The first-order valence-electron chi connectivity index (χ1n) is 10.9. The van der Waals surface area contributed by atoms with Crippen molar-refractivity contribution in [2.24, 2.45) is 17.3 Å². The number of rotatable bonds is 13. The first kappa shape index (κ1) is 23.9. The van der Waals surface area contributed by atoms with Crippen LogP contribution in [0.25, 0.3) is 0 Å². The van der Waals surface area contributed by atoms with E-state index >= 15 is 0 Å². The van der Waals surface area contributed by atoms with Crippen molar-refractivity contribution in [3.8, 4) is 0 Å². The standard InChI is InChI=1S/C22H41NO4/c1-5-22(4,6-2)14-12-20(24)26-16-18-8-10-19(11-9-18)17-27-21(25)13-15-23-7-3/h18-19,23H,5-17H2,1-4H3. The van der Waals surface area contributed by atoms with Crippen LogP contribution in [-0.4, -0.2) is 38.2 Å². The van der Waals surface area contributed by atoms with Gasteiger partial charge in [0.2, 0.25) is 0 Å². The molecule has 0 spiro atoms. The molecule has 1 rings (SSSR count). The minimum atomic E-state index is -0.113. The number of hydrogen-bond acceptors (Lipinski definition) is 5. The van der Waals surface area contributed by atoms with Crippen molar-refractivity contribution in [3.05, 3.63) is 0 Å². The minimum absolute atomic E-state index is 0.0557. The van der Waals surface area contributed by atoms with E-state index in [1.807, 2.05) is 6.92 Å². The lowest BCUT2D eigenvalue weighted by Gasteiger charge is -2.28. The zero-order valence-electron chi connectivity index (χ0n) is 18.0. The zero-order chi connectivity index (χ0) is 20.1. The van der Waals surface area contributed by atoms with E-state index in [9.17, 15) is 9.59 Å². The van der Waals surface area contributed by atoms with Crippen LogP contribution in [0.1, 0.15) is 85.5 Å². The van der Waals surface area contributed by atoms with Crippen molar-refractivity contribution < 1.29 is 19.1 Å². The van der Waals surface area contributed by atoms with E-state index < -0.39 is 0 Å². The molecule has 5 heteroatoms. The highest BCUT2D eigenvalue weighted by atomic mass is 16.5. The molecule has 0 aromatic carbocycles. The summed E-state index contributed by atoms with van der Waals surface area (Å²) in [6.07, 6.45) is 8.26. The highest BCUT2D eigenvalue weighted by molar-refractivity contribution is 5.69. The van der Waals surface area contributed by atoms with E-state index in [4.69, 9.17) is 9.47 Å². The SMILES string of the molecule is CCNCCC(=O)OCC1CCC(COC(=O)CCC(C)(CC)CC)CC1. The maximum absolute atomic E-state index is 12.0. The summed E-state index contributed by atoms with van der Waals surface area (Å²) in [6, 6.07) is 0. The Labute approximate surface area is 165 Å². The Hall–Kier alpha value is -1.10. The third-order valence-corrected chi connectivity index (χ3v) is 6.32. The maximum Gasteiger partial charge on any atom is 0.307 e. The van der Waals surface area contributed by atoms with Gasteiger partial charge in [0.25, 0.3) is 0 Å². The highest BCUT2D eigenvalue weighted by Crippen LogP contribution is 2.32. The van der Waals surface area contributed by atoms with Gasteiger partial charge in [-0.15, -0.1) is 0 Å². The van der Waals surface area contributed by atoms with Gasteiger partial charge in [0.1, 0.15) is 0 Å². The molecule has 1 aliphatic carbocycles. The van der Waals surface area contributed by atoms with Gasteiger partial charge in [0, 0.05) is 13.0 Å². The molecule has 0 aromatic rings. The fourth-order valence-corrected chi connectivity index (χ4v) is 3.51. The number of carbonyl (C=O) groups excluding carboxylic acids is 2. The van der Waals surface area contributed by atoms with Gasteiger partial charge in [0.05, 0.1) is 19.6 Å². The fraction of sp³-hybridized carbons (Fsp3) is 0.909. The predicted octanol–water partition coefficient (Wildman–Crippen LogP) is 4.49. The number of esters is 2. The smallest absolute Gasteiger partial charge is 0.307 e. The minimum Gasteiger partial charge on any atom is -0.465 e. The molecule has 27 heavy (non-hydrogen) atoms. The van der Waals surface area contributed by atoms with Crippen LogP contribution < -0.4 is 5.32 Å². The lowest BCUT2D eigenvalue weighted by Crippen LogP contribution is -2.25. The summed E-state index contributed by atoms with van der Waals surface area (Å²) in [5.41, 5.74) is 0.251. The van der Waals surface area contributed by atoms with Crippen LogP contribution in [0.15, 0.2) is 0 Å². The molecule has 0 aliphatic heterocycles. The Bertz CT molecular complexity index is 426. The van der Waals surface area contributed by atoms with Crippen LogP contribution >= 0.6 is 0 Å². The lowest BCUT2D eigenvalue weighted by atomic mass is 9.80. The summed E-state index contributed by atoms with van der Waals surface area (Å²) >= 11 is 0. The average Bonchev–Trinajstić information content (AvgIpc) is 2.70. The van der Waals surface area contributed by atoms with Crippen molar-refractivity contribution in [1.82, 2.24) is 5.32 Å². The van der Waals surface area contributed by atoms with Crippen LogP contribution in [-0.2, 0) is 19.1 Å². The summed E-state index contributed by atoms with van der Waals surface area (Å²) in [6.45, 7) is 11.3. The Morgan fingerprint density at radius 1 is 0.889 bits per heavy atom. The molecule has 0 heterocycles. The second-order valence-electron chi connectivity index (χ2n) is 8.37. The molecule has 1 aliphatic rings. The maximum atomic E-state index is 12.0. The van der Waals surface area contributed by atoms with E-state index in [2.05, 4.69) is 26.1 Å². The van der Waals surface area contributed by atoms with Crippen LogP contribution in [0, 0.1) is 17.3 Å². The number of hydrogen-bond donors (Lipinski definition) is 1. The fourth-order valence-electron chi connectivity index (χ4n) is 3.51. The average molecular weight is 384 g/mol. The van der Waals surface area contributed by atoms with Crippen molar-refractivity contribution >= 4 is 11.9 Å². The Morgan fingerprint density at radius 3 is 1.81 bits per heavy atom. The van der Waals surface area contributed by atoms with Gasteiger partial charge in [-0.05, 0) is 55.9 Å². The van der Waals surface area contributed by atoms with Crippen LogP contribution in [0.5, 0.6) is 0 Å². The molecule has 0 aromatic heterocycles. The van der Waals surface area contributed by atoms with Crippen molar-refractivity contribution in [1.29, 1.82) is 0 Å². The topological polar surface area (TPSA) is 64.6 Å². The molecule has 0 radical (unpaired) electrons. The van der Waals surface area contributed by atoms with Crippen LogP contribution in [0.3, 0.4) is 0 Å². The molecule has 0 unspecified atom stereocenters. The lowest BCUT2D eigenvalue weighted by molar-refractivity contribution is -0.148. The zero-order valence-corrected chi connectivity index (χ0v) is 18.0. The monoisotopic (exact) mass is 383 g/mol. The number of nitrogens with one attached hydrogen (secondary N) is 1. The highest BCUT2D eigenvalue weighted by Gasteiger charge is 2.24. The molecule has 0 amide bonds. The largest absolute Gasteiger partial charge is 0.465 e. The van der Waals surface area contributed by atoms with Crippen LogP contribution in [0.4, 0.5) is 0 Å². The van der Waals surface area contributed by atoms with E-state index in [1.54, 1.807) is 0 Å². The summed E-state index contributed by atoms with van der Waals surface area (Å²) in [5.74, 6) is 0.742. The normalized spacial score (nSPS) is 20.3. The first-order chi connectivity index (χ1) is 12.9. The summed E-state index contributed by atoms with van der Waals surface area (Å²) < 4.78 is 10.9. The number of carbonyl (C=O) groups is 2. The van der Waals surface area contributed by atoms with Crippen molar-refractivity contribution in [3.63, 3.8) is 0 Å². The van der Waals surface area contributed by atoms with Crippen molar-refractivity contribution in [2.75, 3.05) is 26.3 Å². The molecule has 1 N–H and O–H groups in total. The Balaban J connectivity index is 2.13. The molecule has 158 valence electrons. The van der Waals surface area contributed by atoms with Gasteiger partial charge < -0.3 is 14.8 Å². The summed E-state index contributed by atoms with van der Waals surface area (Å²) in [4.78, 5) is 23.7. The molecule has 0 bridgehead atoms. The number of ether oxygens (including phenoxy) is 2. The van der Waals surface area contributed by atoms with Gasteiger partial charge in [-0.2, -0.15) is 0 Å². The van der Waals surface area contributed by atoms with E-state index in [-0.39, 0.29) is 17.4 Å². The first-order valence-corrected chi connectivity index (χ1v) is 10.9. The van der Waals surface area contributed by atoms with Crippen molar-refractivity contribution in [2.45, 2.75) is 85.5 Å². The third kappa shape index (κ3) is 10.1. The molecule has 1 fully saturated rings. The molecular formula is C22H41NO4. The second-order valence-corrected chi connectivity index (χ2v) is 8.37. The van der Waals surface area contributed by atoms with E-state index in [0.717, 1.165) is 51.5 Å². The van der Waals surface area contributed by atoms with Gasteiger partial charge in [-0.1, -0.05) is 40.5 Å². The van der Waals surface area contributed by atoms with E-state index in [1.165, 1.54) is 0 Å². The quantitative estimate of drug-likeness (QED) is 0.375. The summed E-state index contributed by atoms with van der Waals surface area (Å²) in [5, 5.41) is 3.13. The van der Waals surface area contributed by atoms with Crippen LogP contribution in [0.2, 0.25) is 0 Å². The van der Waals surface area contributed by atoms with Gasteiger partial charge in [-0.3, -0.25) is 9.59 Å². The third-order valence-electron chi connectivity index (χ3n) is 6.32.